The van der Waals surface area contributed by atoms with Crippen LogP contribution in [-0.2, 0) is 29.1 Å². The minimum Gasteiger partial charge on any atom is -0.497 e. The van der Waals surface area contributed by atoms with E-state index in [0.29, 0.717) is 55.3 Å². The van der Waals surface area contributed by atoms with Crippen molar-refractivity contribution in [1.82, 2.24) is 30.2 Å². The molecule has 1 aromatic heterocycles. The van der Waals surface area contributed by atoms with Crippen molar-refractivity contribution in [3.05, 3.63) is 24.4 Å². The average molecular weight is 767 g/mol. The maximum atomic E-state index is 14.8. The smallest absolute Gasteiger partial charge is 0.408 e. The van der Waals surface area contributed by atoms with Crippen LogP contribution in [0.1, 0.15) is 86.0 Å². The molecule has 54 heavy (non-hydrogen) atoms. The van der Waals surface area contributed by atoms with Gasteiger partial charge in [0.05, 0.1) is 42.1 Å². The maximum absolute atomic E-state index is 14.8. The largest absolute Gasteiger partial charge is 0.497 e. The minimum absolute atomic E-state index is 0.0101. The highest BCUT2D eigenvalue weighted by molar-refractivity contribution is 7.91. The molecule has 3 fully saturated rings. The van der Waals surface area contributed by atoms with Gasteiger partial charge in [0.2, 0.25) is 27.7 Å². The number of ether oxygens (including phenoxy) is 3. The number of nitrogens with one attached hydrogen (secondary N) is 3. The van der Waals surface area contributed by atoms with E-state index in [4.69, 9.17) is 14.2 Å². The highest BCUT2D eigenvalue weighted by atomic mass is 32.2. The molecular weight excluding hydrogens is 717 g/mol. The summed E-state index contributed by atoms with van der Waals surface area (Å²) in [7, 11) is -2.38. The van der Waals surface area contributed by atoms with Crippen molar-refractivity contribution in [2.75, 3.05) is 13.7 Å². The maximum Gasteiger partial charge on any atom is 0.408 e. The molecule has 0 radical (unpaired) electrons. The van der Waals surface area contributed by atoms with Crippen molar-refractivity contribution in [1.29, 1.82) is 0 Å². The van der Waals surface area contributed by atoms with Crippen molar-refractivity contribution in [3.8, 4) is 23.5 Å². The lowest BCUT2D eigenvalue weighted by molar-refractivity contribution is -0.142. The second-order valence-corrected chi connectivity index (χ2v) is 17.9. The Balaban J connectivity index is 1.34. The molecule has 292 valence electrons. The number of benzene rings is 1. The number of fused-ring (bicyclic) bond motifs is 3. The van der Waals surface area contributed by atoms with Gasteiger partial charge in [0.25, 0.3) is 5.91 Å². The first-order valence-electron chi connectivity index (χ1n) is 18.7. The van der Waals surface area contributed by atoms with Crippen LogP contribution in [-0.4, -0.2) is 95.3 Å². The van der Waals surface area contributed by atoms with Crippen LogP contribution in [0.15, 0.2) is 24.4 Å². The molecule has 0 unspecified atom stereocenters. The van der Waals surface area contributed by atoms with E-state index in [2.05, 4.69) is 44.1 Å². The van der Waals surface area contributed by atoms with Crippen LogP contribution >= 0.6 is 0 Å². The summed E-state index contributed by atoms with van der Waals surface area (Å²) in [5, 5.41) is 5.01. The number of alkyl carbamates (subject to hydrolysis) is 1. The Bertz CT molecular complexity index is 1970. The van der Waals surface area contributed by atoms with Crippen molar-refractivity contribution in [2.45, 2.75) is 121 Å². The topological polar surface area (TPSA) is 195 Å². The summed E-state index contributed by atoms with van der Waals surface area (Å²) < 4.78 is 45.1. The quantitative estimate of drug-likeness (QED) is 0.334. The summed E-state index contributed by atoms with van der Waals surface area (Å²) in [6.07, 6.45) is 3.30. The molecule has 4 aliphatic rings. The summed E-state index contributed by atoms with van der Waals surface area (Å²) in [6, 6.07) is 3.03. The highest BCUT2D eigenvalue weighted by Gasteiger charge is 2.63. The van der Waals surface area contributed by atoms with Crippen molar-refractivity contribution in [2.24, 2.45) is 17.8 Å². The number of aromatic nitrogens is 2. The Morgan fingerprint density at radius 2 is 1.89 bits per heavy atom. The number of rotatable bonds is 8. The molecule has 6 rings (SSSR count). The van der Waals surface area contributed by atoms with Crippen LogP contribution in [0.2, 0.25) is 0 Å². The van der Waals surface area contributed by atoms with Crippen molar-refractivity contribution >= 4 is 44.9 Å². The third kappa shape index (κ3) is 8.83. The number of methoxy groups -OCH3 is 1. The molecule has 15 nitrogen and oxygen atoms in total. The Hall–Kier alpha value is -4.65. The fourth-order valence-corrected chi connectivity index (χ4v) is 8.62. The number of carbonyl (C=O) groups excluding carboxylic acids is 4. The first kappa shape index (κ1) is 39.1. The first-order chi connectivity index (χ1) is 25.5. The first-order valence-corrected chi connectivity index (χ1v) is 20.2. The predicted octanol–water partition coefficient (Wildman–Crippen LogP) is 3.21. The van der Waals surface area contributed by atoms with Gasteiger partial charge in [0.1, 0.15) is 35.1 Å². The van der Waals surface area contributed by atoms with Gasteiger partial charge < -0.3 is 29.7 Å². The van der Waals surface area contributed by atoms with Gasteiger partial charge in [-0.05, 0) is 76.8 Å². The number of sulfonamides is 1. The number of hydrogen-bond donors (Lipinski definition) is 3. The van der Waals surface area contributed by atoms with Gasteiger partial charge >= 0.3 is 6.09 Å². The summed E-state index contributed by atoms with van der Waals surface area (Å²) >= 11 is 0. The molecule has 1 saturated heterocycles. The lowest BCUT2D eigenvalue weighted by Crippen LogP contribution is -2.59. The van der Waals surface area contributed by atoms with Crippen LogP contribution < -0.4 is 24.8 Å². The van der Waals surface area contributed by atoms with Gasteiger partial charge in [-0.2, -0.15) is 0 Å². The monoisotopic (exact) mass is 766 g/mol. The van der Waals surface area contributed by atoms with Gasteiger partial charge in [0.15, 0.2) is 0 Å². The van der Waals surface area contributed by atoms with E-state index in [9.17, 15) is 27.6 Å². The van der Waals surface area contributed by atoms with E-state index >= 15 is 0 Å². The third-order valence-electron chi connectivity index (χ3n) is 10.5. The molecule has 2 saturated carbocycles. The standard InChI is InChI=1S/C38H50N6O9S/c1-7-23-16-22(2)10-8-9-11-24-19-38(24,35(47)43-54(49,50)27-13-14-27)42-33(45)30-18-26(21-44(30)34(46)32(23)41-36(48)53-37(3,4)5)52-31-20-39-28-15-12-25(51-6)17-29(28)40-31/h12,15,17,20,22-24,26-27,30,32H,7-8,10,13-14,16,18-19,21H2,1-6H3,(H,41,48)(H,42,45)(H,43,47)/t22-,23-,24-,26-,30+,32+,38-/m1/s1. The molecule has 3 heterocycles. The minimum atomic E-state index is -3.93. The molecule has 2 aliphatic heterocycles. The molecule has 2 aromatic rings. The normalized spacial score (nSPS) is 28.9. The zero-order chi connectivity index (χ0) is 39.0. The van der Waals surface area contributed by atoms with E-state index in [1.165, 1.54) is 11.1 Å². The van der Waals surface area contributed by atoms with Gasteiger partial charge in [-0.25, -0.2) is 23.2 Å². The zero-order valence-electron chi connectivity index (χ0n) is 31.6. The van der Waals surface area contributed by atoms with Crippen LogP contribution in [0.25, 0.3) is 11.0 Å². The summed E-state index contributed by atoms with van der Waals surface area (Å²) in [6.45, 7) is 9.14. The van der Waals surface area contributed by atoms with E-state index in [1.807, 2.05) is 6.92 Å². The highest BCUT2D eigenvalue weighted by Crippen LogP contribution is 2.45. The number of nitrogens with zero attached hydrogens (tertiary/aromatic N) is 3. The predicted molar refractivity (Wildman–Crippen MR) is 197 cm³/mol. The second kappa shape index (κ2) is 15.2. The van der Waals surface area contributed by atoms with Crippen LogP contribution in [0.5, 0.6) is 11.6 Å². The molecule has 3 N–H and O–H groups in total. The molecule has 16 heteroatoms. The van der Waals surface area contributed by atoms with Gasteiger partial charge in [-0.15, -0.1) is 5.92 Å². The number of hydrogen-bond acceptors (Lipinski definition) is 11. The average Bonchev–Trinajstić information content (AvgIpc) is 4.03. The summed E-state index contributed by atoms with van der Waals surface area (Å²) in [4.78, 5) is 66.6. The van der Waals surface area contributed by atoms with Gasteiger partial charge in [0, 0.05) is 18.9 Å². The molecule has 1 aromatic carbocycles. The van der Waals surface area contributed by atoms with Crippen molar-refractivity contribution < 1.29 is 41.8 Å². The van der Waals surface area contributed by atoms with E-state index in [1.54, 1.807) is 46.1 Å². The Labute approximate surface area is 316 Å². The number of carbonyl (C=O) groups is 4. The van der Waals surface area contributed by atoms with Crippen LogP contribution in [0.3, 0.4) is 0 Å². The molecular formula is C38H50N6O9S. The van der Waals surface area contributed by atoms with Crippen LogP contribution in [0, 0.1) is 29.6 Å². The van der Waals surface area contributed by atoms with Crippen LogP contribution in [0.4, 0.5) is 4.79 Å². The fraction of sp³-hybridized carbons (Fsp3) is 0.632. The third-order valence-corrected chi connectivity index (χ3v) is 12.3. The lowest BCUT2D eigenvalue weighted by atomic mass is 9.85. The summed E-state index contributed by atoms with van der Waals surface area (Å²) in [5.74, 6) is 4.15. The SMILES string of the molecule is CC[C@@H]1C[C@H](C)CCC#C[C@@H]2C[C@@]2(C(=O)NS(=O)(=O)C2CC2)NC(=O)[C@@H]2C[C@@H](Oc3cnc4ccc(OC)cc4n3)CN2C(=O)[C@H]1NC(=O)OC(C)(C)C. The Morgan fingerprint density at radius 3 is 2.57 bits per heavy atom. The number of amides is 4. The van der Waals surface area contributed by atoms with E-state index in [-0.39, 0.29) is 37.1 Å². The Morgan fingerprint density at radius 1 is 1.13 bits per heavy atom. The van der Waals surface area contributed by atoms with Crippen molar-refractivity contribution in [3.63, 3.8) is 0 Å². The molecule has 0 bridgehead atoms. The molecule has 4 amide bonds. The van der Waals surface area contributed by atoms with E-state index in [0.717, 1.165) is 0 Å². The fourth-order valence-electron chi connectivity index (χ4n) is 7.25. The lowest BCUT2D eigenvalue weighted by Gasteiger charge is -2.34. The zero-order valence-corrected chi connectivity index (χ0v) is 32.5. The second-order valence-electron chi connectivity index (χ2n) is 15.9. The molecule has 7 atom stereocenters. The van der Waals surface area contributed by atoms with E-state index < -0.39 is 74.3 Å². The molecule has 2 aliphatic carbocycles. The Kier molecular flexibility index (Phi) is 11.0. The van der Waals surface area contributed by atoms with Gasteiger partial charge in [-0.3, -0.25) is 19.1 Å². The van der Waals surface area contributed by atoms with Gasteiger partial charge in [-0.1, -0.05) is 26.2 Å². The summed E-state index contributed by atoms with van der Waals surface area (Å²) in [5.41, 5.74) is -1.30. The molecule has 0 spiro atoms.